The van der Waals surface area contributed by atoms with Gasteiger partial charge >= 0.3 is 0 Å². The van der Waals surface area contributed by atoms with Gasteiger partial charge in [-0.15, -0.1) is 0 Å². The van der Waals surface area contributed by atoms with Crippen molar-refractivity contribution in [3.8, 4) is 0 Å². The van der Waals surface area contributed by atoms with Crippen molar-refractivity contribution in [1.82, 2.24) is 9.55 Å². The first-order valence-corrected chi connectivity index (χ1v) is 7.92. The molecular weight excluding hydrogens is 331 g/mol. The summed E-state index contributed by atoms with van der Waals surface area (Å²) in [5, 5.41) is 2.15. The molecule has 1 heterocycles. The van der Waals surface area contributed by atoms with Crippen LogP contribution in [-0.4, -0.2) is 29.0 Å². The third-order valence-corrected chi connectivity index (χ3v) is 4.35. The predicted molar refractivity (Wildman–Crippen MR) is 88.6 cm³/mol. The van der Waals surface area contributed by atoms with Crippen LogP contribution in [0.25, 0.3) is 10.9 Å². The molecule has 0 saturated carbocycles. The van der Waals surface area contributed by atoms with Crippen molar-refractivity contribution in [3.05, 3.63) is 45.2 Å². The first kappa shape index (κ1) is 16.4. The second-order valence-corrected chi connectivity index (χ2v) is 6.22. The number of halogens is 2. The van der Waals surface area contributed by atoms with E-state index in [0.29, 0.717) is 45.0 Å². The normalized spacial score (nSPS) is 11.0. The van der Waals surface area contributed by atoms with Crippen LogP contribution in [0.1, 0.15) is 0 Å². The molecule has 0 saturated heterocycles. The molecule has 0 radical (unpaired) electrons. The Hall–Kier alpha value is -1.01. The van der Waals surface area contributed by atoms with Gasteiger partial charge in [-0.05, 0) is 18.2 Å². The van der Waals surface area contributed by atoms with Crippen LogP contribution < -0.4 is 5.56 Å². The minimum Gasteiger partial charge on any atom is -0.383 e. The van der Waals surface area contributed by atoms with Gasteiger partial charge in [0.2, 0.25) is 0 Å². The average Bonchev–Trinajstić information content (AvgIpc) is 2.44. The van der Waals surface area contributed by atoms with Gasteiger partial charge in [0.15, 0.2) is 5.16 Å². The number of aromatic nitrogens is 2. The lowest BCUT2D eigenvalue weighted by Crippen LogP contribution is -2.25. The van der Waals surface area contributed by atoms with Crippen LogP contribution in [0, 0.1) is 0 Å². The Morgan fingerprint density at radius 3 is 2.95 bits per heavy atom. The minimum atomic E-state index is -0.114. The van der Waals surface area contributed by atoms with Crippen molar-refractivity contribution in [2.45, 2.75) is 11.7 Å². The molecule has 0 fully saturated rings. The van der Waals surface area contributed by atoms with E-state index in [2.05, 4.69) is 11.6 Å². The van der Waals surface area contributed by atoms with Crippen LogP contribution in [0.4, 0.5) is 0 Å². The first-order chi connectivity index (χ1) is 10.0. The van der Waals surface area contributed by atoms with Crippen molar-refractivity contribution in [2.75, 3.05) is 19.5 Å². The van der Waals surface area contributed by atoms with Crippen molar-refractivity contribution in [2.24, 2.45) is 0 Å². The lowest BCUT2D eigenvalue weighted by Gasteiger charge is -2.12. The zero-order valence-electron chi connectivity index (χ0n) is 11.4. The molecule has 0 bridgehead atoms. The zero-order valence-corrected chi connectivity index (χ0v) is 13.8. The van der Waals surface area contributed by atoms with E-state index in [1.54, 1.807) is 29.9 Å². The highest BCUT2D eigenvalue weighted by Crippen LogP contribution is 2.22. The summed E-state index contributed by atoms with van der Waals surface area (Å²) >= 11 is 13.1. The van der Waals surface area contributed by atoms with Crippen LogP contribution in [0.15, 0.2) is 39.8 Å². The van der Waals surface area contributed by atoms with E-state index in [-0.39, 0.29) is 5.56 Å². The second kappa shape index (κ2) is 7.31. The Kier molecular flexibility index (Phi) is 5.70. The molecule has 0 unspecified atom stereocenters. The Morgan fingerprint density at radius 1 is 1.52 bits per heavy atom. The van der Waals surface area contributed by atoms with Gasteiger partial charge in [-0.1, -0.05) is 41.5 Å². The lowest BCUT2D eigenvalue weighted by atomic mass is 10.2. The molecule has 0 atom stereocenters. The molecule has 112 valence electrons. The second-order valence-electron chi connectivity index (χ2n) is 4.31. The first-order valence-electron chi connectivity index (χ1n) is 6.18. The summed E-state index contributed by atoms with van der Waals surface area (Å²) in [6.07, 6.45) is 0. The largest absolute Gasteiger partial charge is 0.383 e. The van der Waals surface area contributed by atoms with E-state index in [9.17, 15) is 4.79 Å². The SMILES string of the molecule is C=C(Cl)CSc1nc2cc(Cl)ccc2c(=O)n1CCOC. The topological polar surface area (TPSA) is 44.1 Å². The molecule has 4 nitrogen and oxygen atoms in total. The number of methoxy groups -OCH3 is 1. The van der Waals surface area contributed by atoms with Crippen molar-refractivity contribution in [1.29, 1.82) is 0 Å². The molecule has 2 rings (SSSR count). The van der Waals surface area contributed by atoms with E-state index in [4.69, 9.17) is 27.9 Å². The maximum absolute atomic E-state index is 12.6. The van der Waals surface area contributed by atoms with E-state index < -0.39 is 0 Å². The molecule has 0 amide bonds. The predicted octanol–water partition coefficient (Wildman–Crippen LogP) is 3.54. The van der Waals surface area contributed by atoms with E-state index in [1.807, 2.05) is 0 Å². The van der Waals surface area contributed by atoms with E-state index in [0.717, 1.165) is 0 Å². The number of benzene rings is 1. The Balaban J connectivity index is 2.55. The average molecular weight is 345 g/mol. The Bertz CT molecular complexity index is 731. The number of hydrogen-bond donors (Lipinski definition) is 0. The van der Waals surface area contributed by atoms with Gasteiger partial charge < -0.3 is 4.74 Å². The standard InChI is InChI=1S/C14H14Cl2N2O2S/c1-9(15)8-21-14-17-12-7-10(16)3-4-11(12)13(19)18(14)5-6-20-2/h3-4,7H,1,5-6,8H2,2H3. The minimum absolute atomic E-state index is 0.114. The van der Waals surface area contributed by atoms with Crippen molar-refractivity contribution in [3.63, 3.8) is 0 Å². The van der Waals surface area contributed by atoms with Gasteiger partial charge in [0.05, 0.1) is 24.1 Å². The van der Waals surface area contributed by atoms with Gasteiger partial charge in [0, 0.05) is 22.9 Å². The molecule has 2 aromatic rings. The Morgan fingerprint density at radius 2 is 2.29 bits per heavy atom. The maximum atomic E-state index is 12.6. The smallest absolute Gasteiger partial charge is 0.262 e. The van der Waals surface area contributed by atoms with Gasteiger partial charge in [-0.25, -0.2) is 4.98 Å². The lowest BCUT2D eigenvalue weighted by molar-refractivity contribution is 0.183. The summed E-state index contributed by atoms with van der Waals surface area (Å²) in [7, 11) is 1.59. The molecule has 7 heteroatoms. The summed E-state index contributed by atoms with van der Waals surface area (Å²) in [4.78, 5) is 17.1. The number of nitrogens with zero attached hydrogens (tertiary/aromatic N) is 2. The fraction of sp³-hybridized carbons (Fsp3) is 0.286. The monoisotopic (exact) mass is 344 g/mol. The molecule has 0 aliphatic rings. The van der Waals surface area contributed by atoms with Crippen LogP contribution in [-0.2, 0) is 11.3 Å². The van der Waals surface area contributed by atoms with Gasteiger partial charge in [-0.2, -0.15) is 0 Å². The number of fused-ring (bicyclic) bond motifs is 1. The summed E-state index contributed by atoms with van der Waals surface area (Å²) in [5.41, 5.74) is 0.459. The number of thioether (sulfide) groups is 1. The van der Waals surface area contributed by atoms with Crippen molar-refractivity contribution >= 4 is 45.9 Å². The molecule has 1 aromatic carbocycles. The summed E-state index contributed by atoms with van der Waals surface area (Å²) in [6, 6.07) is 5.05. The van der Waals surface area contributed by atoms with Gasteiger partial charge in [0.25, 0.3) is 5.56 Å². The van der Waals surface area contributed by atoms with E-state index >= 15 is 0 Å². The molecular formula is C14H14Cl2N2O2S. The quantitative estimate of drug-likeness (QED) is 0.593. The van der Waals surface area contributed by atoms with Gasteiger partial charge in [0.1, 0.15) is 0 Å². The van der Waals surface area contributed by atoms with E-state index in [1.165, 1.54) is 11.8 Å². The van der Waals surface area contributed by atoms with Crippen molar-refractivity contribution < 1.29 is 4.74 Å². The summed E-state index contributed by atoms with van der Waals surface area (Å²) < 4.78 is 6.64. The fourth-order valence-electron chi connectivity index (χ4n) is 1.81. The molecule has 0 aliphatic heterocycles. The van der Waals surface area contributed by atoms with Crippen LogP contribution in [0.3, 0.4) is 0 Å². The zero-order chi connectivity index (χ0) is 15.4. The number of hydrogen-bond acceptors (Lipinski definition) is 4. The highest BCUT2D eigenvalue weighted by Gasteiger charge is 2.12. The molecule has 0 spiro atoms. The van der Waals surface area contributed by atoms with Crippen LogP contribution in [0.5, 0.6) is 0 Å². The maximum Gasteiger partial charge on any atom is 0.262 e. The number of ether oxygens (including phenoxy) is 1. The number of rotatable bonds is 6. The molecule has 1 aromatic heterocycles. The van der Waals surface area contributed by atoms with Crippen LogP contribution in [0.2, 0.25) is 5.02 Å². The van der Waals surface area contributed by atoms with Gasteiger partial charge in [-0.3, -0.25) is 9.36 Å². The highest BCUT2D eigenvalue weighted by molar-refractivity contribution is 7.99. The summed E-state index contributed by atoms with van der Waals surface area (Å²) in [6.45, 7) is 4.50. The molecule has 0 N–H and O–H groups in total. The Labute approximate surface area is 136 Å². The third kappa shape index (κ3) is 4.01. The van der Waals surface area contributed by atoms with Crippen LogP contribution >= 0.6 is 35.0 Å². The summed E-state index contributed by atoms with van der Waals surface area (Å²) in [5.74, 6) is 0.479. The molecule has 21 heavy (non-hydrogen) atoms. The fourth-order valence-corrected chi connectivity index (χ4v) is 2.92. The molecule has 0 aliphatic carbocycles. The third-order valence-electron chi connectivity index (χ3n) is 2.76. The highest BCUT2D eigenvalue weighted by atomic mass is 35.5.